The van der Waals surface area contributed by atoms with E-state index in [1.165, 1.54) is 32.2 Å². The molecule has 0 atom stereocenters. The topological polar surface area (TPSA) is 116 Å². The Bertz CT molecular complexity index is 885. The van der Waals surface area contributed by atoms with Gasteiger partial charge in [0.25, 0.3) is 10.0 Å². The fourth-order valence-electron chi connectivity index (χ4n) is 1.59. The second kappa shape index (κ2) is 6.02. The minimum Gasteiger partial charge on any atom is -0.495 e. The fraction of sp³-hybridized carbons (Fsp3) is 0.182. The molecule has 0 radical (unpaired) electrons. The Labute approximate surface area is 135 Å². The Morgan fingerprint density at radius 2 is 2.18 bits per heavy atom. The van der Waals surface area contributed by atoms with E-state index in [-0.39, 0.29) is 25.6 Å². The number of nitrogens with zero attached hydrogens (tertiary/aromatic N) is 2. The summed E-state index contributed by atoms with van der Waals surface area (Å²) < 4.78 is 30.7. The van der Waals surface area contributed by atoms with E-state index in [1.807, 2.05) is 0 Å². The molecule has 0 saturated heterocycles. The molecule has 0 unspecified atom stereocenters. The summed E-state index contributed by atoms with van der Waals surface area (Å²) in [5, 5.41) is 6.30. The molecule has 3 N–H and O–H groups in total. The van der Waals surface area contributed by atoms with Crippen LogP contribution in [-0.4, -0.2) is 30.6 Å². The smallest absolute Gasteiger partial charge is 0.285 e. The molecule has 0 bridgehead atoms. The first-order valence-corrected chi connectivity index (χ1v) is 8.49. The second-order valence-electron chi connectivity index (χ2n) is 4.11. The number of rotatable bonds is 4. The van der Waals surface area contributed by atoms with Crippen molar-refractivity contribution in [2.24, 2.45) is 0 Å². The van der Waals surface area contributed by atoms with E-state index in [4.69, 9.17) is 22.7 Å². The van der Waals surface area contributed by atoms with Crippen molar-refractivity contribution in [1.29, 1.82) is 0 Å². The monoisotopic (exact) mass is 360 g/mol. The second-order valence-corrected chi connectivity index (χ2v) is 7.50. The molecule has 0 saturated carbocycles. The predicted molar refractivity (Wildman–Crippen MR) is 85.2 cm³/mol. The molecule has 8 nitrogen and oxygen atoms in total. The Hall–Kier alpha value is -1.98. The van der Waals surface area contributed by atoms with E-state index >= 15 is 0 Å². The van der Waals surface area contributed by atoms with Crippen molar-refractivity contribution in [2.75, 3.05) is 18.2 Å². The summed E-state index contributed by atoms with van der Waals surface area (Å²) in [5.41, 5.74) is 5.89. The summed E-state index contributed by atoms with van der Waals surface area (Å²) in [4.78, 5) is 10.9. The highest BCUT2D eigenvalue weighted by molar-refractivity contribution is 7.90. The molecule has 22 heavy (non-hydrogen) atoms. The zero-order chi connectivity index (χ0) is 16.5. The predicted octanol–water partition coefficient (Wildman–Crippen LogP) is 1.46. The lowest BCUT2D eigenvalue weighted by Crippen LogP contribution is -2.16. The molecular weight excluding hydrogens is 348 g/mol. The summed E-state index contributed by atoms with van der Waals surface area (Å²) in [7, 11) is -2.58. The number of hydrogen-bond donors (Lipinski definition) is 2. The average molecular weight is 360 g/mol. The normalized spacial score (nSPS) is 11.2. The molecule has 1 aromatic heterocycles. The highest BCUT2D eigenvalue weighted by atomic mass is 32.2. The van der Waals surface area contributed by atoms with Crippen LogP contribution in [-0.2, 0) is 14.8 Å². The van der Waals surface area contributed by atoms with E-state index in [2.05, 4.69) is 10.4 Å². The van der Waals surface area contributed by atoms with Gasteiger partial charge in [-0.3, -0.25) is 4.79 Å². The van der Waals surface area contributed by atoms with Crippen molar-refractivity contribution in [3.05, 3.63) is 22.2 Å². The third-order valence-electron chi connectivity index (χ3n) is 2.53. The van der Waals surface area contributed by atoms with Crippen LogP contribution in [0.5, 0.6) is 5.75 Å². The maximum Gasteiger partial charge on any atom is 0.285 e. The third kappa shape index (κ3) is 3.10. The third-order valence-corrected chi connectivity index (χ3v) is 5.48. The average Bonchev–Trinajstić information content (AvgIpc) is 2.79. The van der Waals surface area contributed by atoms with Gasteiger partial charge < -0.3 is 15.8 Å². The Morgan fingerprint density at radius 1 is 1.50 bits per heavy atom. The van der Waals surface area contributed by atoms with Gasteiger partial charge in [-0.25, -0.2) is 0 Å². The van der Waals surface area contributed by atoms with Crippen molar-refractivity contribution in [3.8, 4) is 5.75 Å². The largest absolute Gasteiger partial charge is 0.495 e. The molecule has 2 aromatic rings. The van der Waals surface area contributed by atoms with Gasteiger partial charge in [0.05, 0.1) is 17.7 Å². The SMILES string of the molecule is COc1ccc(S(=O)(=O)n2nc(NC(C)=O)sc2=S)cc1N. The standard InChI is InChI=1S/C11H12N4O4S3/c1-6(16)13-10-14-15(11(20)21-10)22(17,18)7-3-4-9(19-2)8(12)5-7/h3-5H,12H2,1-2H3,(H,13,14,16). The van der Waals surface area contributed by atoms with Crippen LogP contribution in [0.25, 0.3) is 0 Å². The molecule has 0 aliphatic rings. The minimum atomic E-state index is -4.01. The van der Waals surface area contributed by atoms with Gasteiger partial charge in [-0.2, -0.15) is 8.42 Å². The molecule has 118 valence electrons. The number of ether oxygens (including phenoxy) is 1. The molecule has 1 heterocycles. The van der Waals surface area contributed by atoms with Gasteiger partial charge in [0.1, 0.15) is 5.75 Å². The molecule has 1 amide bonds. The molecular formula is C11H12N4O4S3. The number of methoxy groups -OCH3 is 1. The zero-order valence-corrected chi connectivity index (χ0v) is 14.0. The van der Waals surface area contributed by atoms with E-state index in [1.54, 1.807) is 0 Å². The minimum absolute atomic E-state index is 0.0156. The van der Waals surface area contributed by atoms with Crippen LogP contribution in [0.2, 0.25) is 0 Å². The van der Waals surface area contributed by atoms with Crippen LogP contribution < -0.4 is 15.8 Å². The summed E-state index contributed by atoms with van der Waals surface area (Å²) >= 11 is 5.86. The maximum atomic E-state index is 12.5. The van der Waals surface area contributed by atoms with E-state index < -0.39 is 10.0 Å². The number of carbonyl (C=O) groups excluding carboxylic acids is 1. The lowest BCUT2D eigenvalue weighted by molar-refractivity contribution is -0.114. The number of amides is 1. The van der Waals surface area contributed by atoms with Gasteiger partial charge in [0.15, 0.2) is 3.95 Å². The summed E-state index contributed by atoms with van der Waals surface area (Å²) in [6, 6.07) is 4.03. The lowest BCUT2D eigenvalue weighted by atomic mass is 10.3. The van der Waals surface area contributed by atoms with Crippen molar-refractivity contribution < 1.29 is 17.9 Å². The number of benzene rings is 1. The number of aromatic nitrogens is 2. The highest BCUT2D eigenvalue weighted by Crippen LogP contribution is 2.26. The van der Waals surface area contributed by atoms with Gasteiger partial charge in [-0.15, -0.1) is 9.19 Å². The van der Waals surface area contributed by atoms with Crippen LogP contribution >= 0.6 is 23.6 Å². The number of nitrogens with one attached hydrogen (secondary N) is 1. The maximum absolute atomic E-state index is 12.5. The van der Waals surface area contributed by atoms with Crippen molar-refractivity contribution in [2.45, 2.75) is 11.8 Å². The molecule has 0 spiro atoms. The number of nitrogens with two attached hydrogens (primary N) is 1. The van der Waals surface area contributed by atoms with Crippen LogP contribution in [0, 0.1) is 3.95 Å². The summed E-state index contributed by atoms with van der Waals surface area (Å²) in [5.74, 6) is -0.0123. The van der Waals surface area contributed by atoms with Gasteiger partial charge in [-0.05, 0) is 30.4 Å². The number of nitrogen functional groups attached to an aromatic ring is 1. The first-order chi connectivity index (χ1) is 10.3. The molecule has 0 aliphatic carbocycles. The van der Waals surface area contributed by atoms with Gasteiger partial charge in [0.2, 0.25) is 11.0 Å². The van der Waals surface area contributed by atoms with Crippen LogP contribution in [0.3, 0.4) is 0 Å². The van der Waals surface area contributed by atoms with Crippen molar-refractivity contribution >= 4 is 50.3 Å². The number of carbonyl (C=O) groups is 1. The lowest BCUT2D eigenvalue weighted by Gasteiger charge is -2.08. The fourth-order valence-corrected chi connectivity index (χ4v) is 4.32. The Balaban J connectivity index is 2.51. The van der Waals surface area contributed by atoms with E-state index in [9.17, 15) is 13.2 Å². The van der Waals surface area contributed by atoms with Gasteiger partial charge in [0, 0.05) is 6.92 Å². The molecule has 0 fully saturated rings. The molecule has 1 aromatic carbocycles. The summed E-state index contributed by atoms with van der Waals surface area (Å²) in [6.45, 7) is 1.29. The van der Waals surface area contributed by atoms with Crippen molar-refractivity contribution in [3.63, 3.8) is 0 Å². The summed E-state index contributed by atoms with van der Waals surface area (Å²) in [6.07, 6.45) is 0. The van der Waals surface area contributed by atoms with Crippen LogP contribution in [0.4, 0.5) is 10.8 Å². The quantitative estimate of drug-likeness (QED) is 0.626. The Kier molecular flexibility index (Phi) is 4.49. The van der Waals surface area contributed by atoms with E-state index in [0.29, 0.717) is 9.84 Å². The van der Waals surface area contributed by atoms with Gasteiger partial charge in [-0.1, -0.05) is 11.3 Å². The van der Waals surface area contributed by atoms with Crippen molar-refractivity contribution in [1.82, 2.24) is 9.19 Å². The van der Waals surface area contributed by atoms with E-state index in [0.717, 1.165) is 11.3 Å². The number of anilines is 2. The van der Waals surface area contributed by atoms with Crippen LogP contribution in [0.1, 0.15) is 6.92 Å². The molecule has 11 heteroatoms. The Morgan fingerprint density at radius 3 is 2.73 bits per heavy atom. The highest BCUT2D eigenvalue weighted by Gasteiger charge is 2.22. The molecule has 0 aliphatic heterocycles. The van der Waals surface area contributed by atoms with Crippen LogP contribution in [0.15, 0.2) is 23.1 Å². The first kappa shape index (κ1) is 16.4. The number of hydrogen-bond acceptors (Lipinski definition) is 8. The zero-order valence-electron chi connectivity index (χ0n) is 11.6. The molecule has 2 rings (SSSR count). The first-order valence-electron chi connectivity index (χ1n) is 5.82. The van der Waals surface area contributed by atoms with Gasteiger partial charge >= 0.3 is 0 Å².